The molecule has 2 N–H and O–H groups in total. The quantitative estimate of drug-likeness (QED) is 0.836. The van der Waals surface area contributed by atoms with Gasteiger partial charge in [0.1, 0.15) is 0 Å². The van der Waals surface area contributed by atoms with Crippen LogP contribution in [-0.2, 0) is 4.74 Å². The predicted octanol–water partition coefficient (Wildman–Crippen LogP) is 2.27. The summed E-state index contributed by atoms with van der Waals surface area (Å²) < 4.78 is 4.71. The number of aliphatic hydroxyl groups is 1. The number of likely N-dealkylation sites (tertiary alicyclic amines) is 1. The van der Waals surface area contributed by atoms with Crippen LogP contribution in [0.4, 0.5) is 4.79 Å². The number of carbonyl (C=O) groups is 2. The van der Waals surface area contributed by atoms with Crippen molar-refractivity contribution in [3.63, 3.8) is 0 Å². The third-order valence-electron chi connectivity index (χ3n) is 4.01. The van der Waals surface area contributed by atoms with E-state index in [9.17, 15) is 14.7 Å². The second-order valence-electron chi connectivity index (χ2n) is 5.18. The van der Waals surface area contributed by atoms with Gasteiger partial charge in [-0.05, 0) is 31.2 Å². The zero-order valence-electron chi connectivity index (χ0n) is 12.0. The van der Waals surface area contributed by atoms with Gasteiger partial charge < -0.3 is 19.8 Å². The van der Waals surface area contributed by atoms with E-state index in [1.54, 1.807) is 12.3 Å². The molecule has 1 saturated heterocycles. The number of carbonyl (C=O) groups excluding carboxylic acids is 1. The van der Waals surface area contributed by atoms with Crippen LogP contribution in [0.1, 0.15) is 39.7 Å². The summed E-state index contributed by atoms with van der Waals surface area (Å²) in [5.41, 5.74) is 1.24. The van der Waals surface area contributed by atoms with E-state index in [1.165, 1.54) is 23.3 Å². The summed E-state index contributed by atoms with van der Waals surface area (Å²) in [5.74, 6) is -0.383. The number of carboxylic acid groups (broad SMARTS) is 1. The number of esters is 1. The van der Waals surface area contributed by atoms with Gasteiger partial charge in [-0.2, -0.15) is 0 Å². The third-order valence-corrected chi connectivity index (χ3v) is 5.16. The number of nitrogens with zero attached hydrogens (tertiary/aromatic N) is 1. The molecule has 0 radical (unpaired) electrons. The lowest BCUT2D eigenvalue weighted by atomic mass is 9.89. The van der Waals surface area contributed by atoms with Crippen LogP contribution in [0.5, 0.6) is 0 Å². The largest absolute Gasteiger partial charge is 0.465 e. The summed E-state index contributed by atoms with van der Waals surface area (Å²) >= 11 is 1.35. The van der Waals surface area contributed by atoms with Gasteiger partial charge in [-0.1, -0.05) is 0 Å². The van der Waals surface area contributed by atoms with Crippen molar-refractivity contribution in [3.8, 4) is 0 Å². The van der Waals surface area contributed by atoms with Crippen molar-refractivity contribution in [1.29, 1.82) is 0 Å². The summed E-state index contributed by atoms with van der Waals surface area (Å²) in [6, 6.07) is 0. The minimum absolute atomic E-state index is 0.0171. The monoisotopic (exact) mass is 313 g/mol. The van der Waals surface area contributed by atoms with E-state index in [-0.39, 0.29) is 5.92 Å². The molecule has 1 aromatic heterocycles. The molecule has 1 fully saturated rings. The number of amides is 1. The fraction of sp³-hybridized carbons (Fsp3) is 0.571. The van der Waals surface area contributed by atoms with Crippen molar-refractivity contribution in [1.82, 2.24) is 4.90 Å². The van der Waals surface area contributed by atoms with Crippen molar-refractivity contribution in [2.75, 3.05) is 20.2 Å². The van der Waals surface area contributed by atoms with E-state index < -0.39 is 18.2 Å². The normalized spacial score (nSPS) is 17.6. The summed E-state index contributed by atoms with van der Waals surface area (Å²) in [6.07, 6.45) is -0.330. The maximum Gasteiger partial charge on any atom is 0.407 e. The highest BCUT2D eigenvalue weighted by Gasteiger charge is 2.30. The van der Waals surface area contributed by atoms with Crippen LogP contribution >= 0.6 is 11.3 Å². The molecule has 116 valence electrons. The Bertz CT molecular complexity index is 533. The molecule has 0 aliphatic carbocycles. The molecular formula is C14H19NO5S. The number of aliphatic hydroxyl groups excluding tert-OH is 1. The zero-order valence-corrected chi connectivity index (χ0v) is 12.9. The van der Waals surface area contributed by atoms with Crippen molar-refractivity contribution >= 4 is 23.4 Å². The molecule has 1 aromatic rings. The third kappa shape index (κ3) is 3.19. The van der Waals surface area contributed by atoms with E-state index in [0.29, 0.717) is 31.5 Å². The highest BCUT2D eigenvalue weighted by atomic mass is 32.1. The second kappa shape index (κ2) is 6.44. The Balaban J connectivity index is 2.08. The summed E-state index contributed by atoms with van der Waals surface area (Å²) in [5, 5.41) is 21.1. The van der Waals surface area contributed by atoms with Crippen LogP contribution in [0.3, 0.4) is 0 Å². The molecule has 1 atom stereocenters. The van der Waals surface area contributed by atoms with Crippen molar-refractivity contribution < 1.29 is 24.5 Å². The maximum absolute atomic E-state index is 11.6. The number of hydrogen-bond donors (Lipinski definition) is 2. The average Bonchev–Trinajstić information content (AvgIpc) is 2.87. The van der Waals surface area contributed by atoms with Gasteiger partial charge in [-0.25, -0.2) is 9.59 Å². The summed E-state index contributed by atoms with van der Waals surface area (Å²) in [4.78, 5) is 24.6. The molecule has 0 bridgehead atoms. The zero-order chi connectivity index (χ0) is 15.6. The molecule has 0 aromatic carbocycles. The van der Waals surface area contributed by atoms with E-state index in [2.05, 4.69) is 0 Å². The molecule has 2 rings (SSSR count). The Morgan fingerprint density at radius 2 is 2.05 bits per heavy atom. The first-order chi connectivity index (χ1) is 9.95. The summed E-state index contributed by atoms with van der Waals surface area (Å²) in [7, 11) is 1.33. The SMILES string of the molecule is COC(=O)c1csc(C(O)C2CCN(C(=O)O)CC2)c1C. The molecule has 2 heterocycles. The van der Waals surface area contributed by atoms with E-state index in [0.717, 1.165) is 10.4 Å². The number of rotatable bonds is 3. The smallest absolute Gasteiger partial charge is 0.407 e. The van der Waals surface area contributed by atoms with Crippen LogP contribution in [0.15, 0.2) is 5.38 Å². The first-order valence-corrected chi connectivity index (χ1v) is 7.66. The Morgan fingerprint density at radius 1 is 1.43 bits per heavy atom. The van der Waals surface area contributed by atoms with Crippen LogP contribution in [-0.4, -0.2) is 47.4 Å². The van der Waals surface area contributed by atoms with Crippen LogP contribution in [0.2, 0.25) is 0 Å². The highest BCUT2D eigenvalue weighted by Crippen LogP contribution is 2.36. The summed E-state index contributed by atoms with van der Waals surface area (Å²) in [6.45, 7) is 2.67. The fourth-order valence-corrected chi connectivity index (χ4v) is 3.79. The number of ether oxygens (including phenoxy) is 1. The van der Waals surface area contributed by atoms with Gasteiger partial charge in [0.05, 0.1) is 18.8 Å². The Hall–Kier alpha value is -1.60. The van der Waals surface area contributed by atoms with Gasteiger partial charge in [0.25, 0.3) is 0 Å². The Morgan fingerprint density at radius 3 is 2.57 bits per heavy atom. The molecule has 6 nitrogen and oxygen atoms in total. The van der Waals surface area contributed by atoms with E-state index >= 15 is 0 Å². The first kappa shape index (κ1) is 15.8. The van der Waals surface area contributed by atoms with E-state index in [1.807, 2.05) is 0 Å². The number of hydrogen-bond acceptors (Lipinski definition) is 5. The molecule has 7 heteroatoms. The van der Waals surface area contributed by atoms with Crippen LogP contribution in [0.25, 0.3) is 0 Å². The standard InChI is InChI=1S/C14H19NO5S/c1-8-10(13(17)20-2)7-21-12(8)11(16)9-3-5-15(6-4-9)14(18)19/h7,9,11,16H,3-6H2,1-2H3,(H,18,19). The molecule has 21 heavy (non-hydrogen) atoms. The minimum atomic E-state index is -0.914. The van der Waals surface area contributed by atoms with Gasteiger partial charge in [0, 0.05) is 23.3 Å². The molecule has 1 amide bonds. The lowest BCUT2D eigenvalue weighted by molar-refractivity contribution is 0.0577. The van der Waals surface area contributed by atoms with Gasteiger partial charge in [0.15, 0.2) is 0 Å². The van der Waals surface area contributed by atoms with Gasteiger partial charge in [-0.3, -0.25) is 0 Å². The predicted molar refractivity (Wildman–Crippen MR) is 77.7 cm³/mol. The van der Waals surface area contributed by atoms with Crippen LogP contribution < -0.4 is 0 Å². The molecule has 1 unspecified atom stereocenters. The number of piperidine rings is 1. The lowest BCUT2D eigenvalue weighted by Crippen LogP contribution is -2.38. The first-order valence-electron chi connectivity index (χ1n) is 6.78. The fourth-order valence-electron chi connectivity index (χ4n) is 2.66. The van der Waals surface area contributed by atoms with Gasteiger partial charge in [0.2, 0.25) is 0 Å². The van der Waals surface area contributed by atoms with Crippen molar-refractivity contribution in [3.05, 3.63) is 21.4 Å². The van der Waals surface area contributed by atoms with E-state index in [4.69, 9.17) is 9.84 Å². The maximum atomic E-state index is 11.6. The molecular weight excluding hydrogens is 294 g/mol. The van der Waals surface area contributed by atoms with Gasteiger partial charge in [-0.15, -0.1) is 11.3 Å². The topological polar surface area (TPSA) is 87.1 Å². The average molecular weight is 313 g/mol. The highest BCUT2D eigenvalue weighted by molar-refractivity contribution is 7.10. The molecule has 0 spiro atoms. The van der Waals surface area contributed by atoms with Gasteiger partial charge >= 0.3 is 12.1 Å². The molecule has 1 aliphatic rings. The number of methoxy groups -OCH3 is 1. The second-order valence-corrected chi connectivity index (χ2v) is 6.09. The Kier molecular flexibility index (Phi) is 4.84. The van der Waals surface area contributed by atoms with Crippen molar-refractivity contribution in [2.45, 2.75) is 25.9 Å². The molecule has 1 aliphatic heterocycles. The number of thiophene rings is 1. The van der Waals surface area contributed by atoms with Crippen molar-refractivity contribution in [2.24, 2.45) is 5.92 Å². The lowest BCUT2D eigenvalue weighted by Gasteiger charge is -2.32. The van der Waals surface area contributed by atoms with Crippen LogP contribution in [0, 0.1) is 12.8 Å². The Labute approximate surface area is 127 Å². The minimum Gasteiger partial charge on any atom is -0.465 e. The molecule has 0 saturated carbocycles.